The first-order valence-corrected chi connectivity index (χ1v) is 7.49. The topological polar surface area (TPSA) is 42.2 Å². The minimum absolute atomic E-state index is 0.490. The van der Waals surface area contributed by atoms with Crippen LogP contribution in [0.5, 0.6) is 0 Å². The van der Waals surface area contributed by atoms with E-state index >= 15 is 0 Å². The van der Waals surface area contributed by atoms with E-state index in [9.17, 15) is 0 Å². The Labute approximate surface area is 127 Å². The second kappa shape index (κ2) is 5.04. The minimum atomic E-state index is 0.490. The second-order valence-corrected chi connectivity index (χ2v) is 5.84. The summed E-state index contributed by atoms with van der Waals surface area (Å²) in [5.41, 5.74) is 4.37. The number of rotatable bonds is 4. The van der Waals surface area contributed by atoms with Crippen LogP contribution in [0.2, 0.25) is 5.15 Å². The summed E-state index contributed by atoms with van der Waals surface area (Å²) >= 11 is 5.87. The Morgan fingerprint density at radius 3 is 2.95 bits per heavy atom. The summed E-state index contributed by atoms with van der Waals surface area (Å²) in [4.78, 5) is 8.59. The molecule has 106 valence electrons. The summed E-state index contributed by atoms with van der Waals surface area (Å²) in [6, 6.07) is 8.00. The number of anilines is 1. The molecule has 3 aromatic heterocycles. The van der Waals surface area contributed by atoms with Gasteiger partial charge in [0.25, 0.3) is 0 Å². The van der Waals surface area contributed by atoms with Gasteiger partial charge in [0.1, 0.15) is 10.8 Å². The van der Waals surface area contributed by atoms with Crippen molar-refractivity contribution in [3.8, 4) is 0 Å². The smallest absolute Gasteiger partial charge is 0.137 e. The molecule has 0 aliphatic heterocycles. The SMILES string of the molecule is Clc1cc(NCc2cn3cc(C4CC4)ccc3n2)ccn1. The highest BCUT2D eigenvalue weighted by atomic mass is 35.5. The van der Waals surface area contributed by atoms with Crippen molar-refractivity contribution in [2.45, 2.75) is 25.3 Å². The average Bonchev–Trinajstić information content (AvgIpc) is 3.25. The molecule has 1 N–H and O–H groups in total. The van der Waals surface area contributed by atoms with Crippen LogP contribution in [0.1, 0.15) is 30.0 Å². The molecule has 1 fully saturated rings. The molecular weight excluding hydrogens is 284 g/mol. The van der Waals surface area contributed by atoms with Crippen LogP contribution in [0.15, 0.2) is 42.9 Å². The summed E-state index contributed by atoms with van der Waals surface area (Å²) in [5, 5.41) is 3.80. The zero-order chi connectivity index (χ0) is 14.2. The largest absolute Gasteiger partial charge is 0.379 e. The fourth-order valence-corrected chi connectivity index (χ4v) is 2.68. The Kier molecular flexibility index (Phi) is 3.04. The van der Waals surface area contributed by atoms with Gasteiger partial charge in [-0.1, -0.05) is 17.7 Å². The van der Waals surface area contributed by atoms with Crippen molar-refractivity contribution in [2.75, 3.05) is 5.32 Å². The predicted molar refractivity (Wildman–Crippen MR) is 83.7 cm³/mol. The highest BCUT2D eigenvalue weighted by Gasteiger charge is 2.23. The van der Waals surface area contributed by atoms with E-state index in [0.29, 0.717) is 11.7 Å². The maximum Gasteiger partial charge on any atom is 0.137 e. The number of pyridine rings is 2. The van der Waals surface area contributed by atoms with Crippen LogP contribution < -0.4 is 5.32 Å². The first-order chi connectivity index (χ1) is 10.3. The lowest BCUT2D eigenvalue weighted by molar-refractivity contribution is 1.05. The molecule has 0 saturated heterocycles. The number of halogens is 1. The van der Waals surface area contributed by atoms with E-state index in [-0.39, 0.29) is 0 Å². The van der Waals surface area contributed by atoms with Gasteiger partial charge in [0.05, 0.1) is 12.2 Å². The first kappa shape index (κ1) is 12.7. The van der Waals surface area contributed by atoms with Gasteiger partial charge in [-0.05, 0) is 42.5 Å². The molecule has 0 spiro atoms. The van der Waals surface area contributed by atoms with Gasteiger partial charge < -0.3 is 9.72 Å². The quantitative estimate of drug-likeness (QED) is 0.743. The van der Waals surface area contributed by atoms with Gasteiger partial charge in [0.15, 0.2) is 0 Å². The van der Waals surface area contributed by atoms with Crippen molar-refractivity contribution in [2.24, 2.45) is 0 Å². The number of nitrogens with one attached hydrogen (secondary N) is 1. The van der Waals surface area contributed by atoms with Crippen LogP contribution in [-0.4, -0.2) is 14.4 Å². The molecule has 0 aromatic carbocycles. The molecular formula is C16H15ClN4. The molecule has 0 atom stereocenters. The van der Waals surface area contributed by atoms with E-state index in [1.165, 1.54) is 18.4 Å². The average molecular weight is 299 g/mol. The summed E-state index contributed by atoms with van der Waals surface area (Å²) in [6.07, 6.45) is 8.61. The molecule has 3 heterocycles. The molecule has 4 nitrogen and oxygen atoms in total. The molecule has 4 rings (SSSR count). The molecule has 0 bridgehead atoms. The first-order valence-electron chi connectivity index (χ1n) is 7.11. The van der Waals surface area contributed by atoms with Gasteiger partial charge in [-0.25, -0.2) is 9.97 Å². The maximum absolute atomic E-state index is 5.87. The zero-order valence-electron chi connectivity index (χ0n) is 11.5. The Balaban J connectivity index is 1.53. The normalized spacial score (nSPS) is 14.5. The monoisotopic (exact) mass is 298 g/mol. The lowest BCUT2D eigenvalue weighted by Gasteiger charge is -2.03. The molecule has 0 unspecified atom stereocenters. The summed E-state index contributed by atoms with van der Waals surface area (Å²) < 4.78 is 2.12. The van der Waals surface area contributed by atoms with Crippen molar-refractivity contribution in [3.63, 3.8) is 0 Å². The minimum Gasteiger partial charge on any atom is -0.379 e. The third kappa shape index (κ3) is 2.72. The fourth-order valence-electron chi connectivity index (χ4n) is 2.51. The highest BCUT2D eigenvalue weighted by molar-refractivity contribution is 6.29. The van der Waals surface area contributed by atoms with Crippen LogP contribution in [0, 0.1) is 0 Å². The van der Waals surface area contributed by atoms with Crippen LogP contribution in [0.3, 0.4) is 0 Å². The molecule has 3 aromatic rings. The molecule has 1 saturated carbocycles. The van der Waals surface area contributed by atoms with Gasteiger partial charge in [0, 0.05) is 24.3 Å². The molecule has 21 heavy (non-hydrogen) atoms. The summed E-state index contributed by atoms with van der Waals surface area (Å²) in [6.45, 7) is 0.667. The van der Waals surface area contributed by atoms with Crippen molar-refractivity contribution in [1.82, 2.24) is 14.4 Å². The Morgan fingerprint density at radius 2 is 2.14 bits per heavy atom. The highest BCUT2D eigenvalue weighted by Crippen LogP contribution is 2.39. The number of imidazole rings is 1. The van der Waals surface area contributed by atoms with Crippen LogP contribution >= 0.6 is 11.6 Å². The second-order valence-electron chi connectivity index (χ2n) is 5.46. The number of hydrogen-bond donors (Lipinski definition) is 1. The van der Waals surface area contributed by atoms with Gasteiger partial charge in [-0.2, -0.15) is 0 Å². The van der Waals surface area contributed by atoms with Crippen molar-refractivity contribution >= 4 is 22.9 Å². The van der Waals surface area contributed by atoms with Crippen LogP contribution in [-0.2, 0) is 6.54 Å². The van der Waals surface area contributed by atoms with Gasteiger partial charge >= 0.3 is 0 Å². The number of hydrogen-bond acceptors (Lipinski definition) is 3. The number of aromatic nitrogens is 3. The van der Waals surface area contributed by atoms with E-state index in [2.05, 4.69) is 44.2 Å². The third-order valence-electron chi connectivity index (χ3n) is 3.77. The van der Waals surface area contributed by atoms with Gasteiger partial charge in [0.2, 0.25) is 0 Å². The summed E-state index contributed by atoms with van der Waals surface area (Å²) in [7, 11) is 0. The summed E-state index contributed by atoms with van der Waals surface area (Å²) in [5.74, 6) is 0.761. The van der Waals surface area contributed by atoms with Crippen LogP contribution in [0.25, 0.3) is 5.65 Å². The molecule has 1 aliphatic rings. The van der Waals surface area contributed by atoms with Gasteiger partial charge in [-0.15, -0.1) is 0 Å². The zero-order valence-corrected chi connectivity index (χ0v) is 12.2. The lowest BCUT2D eigenvalue weighted by Crippen LogP contribution is -1.99. The van der Waals surface area contributed by atoms with E-state index in [1.54, 1.807) is 6.20 Å². The van der Waals surface area contributed by atoms with E-state index in [0.717, 1.165) is 22.9 Å². The molecule has 0 amide bonds. The predicted octanol–water partition coefficient (Wildman–Crippen LogP) is 3.87. The lowest BCUT2D eigenvalue weighted by atomic mass is 10.2. The van der Waals surface area contributed by atoms with E-state index in [1.807, 2.05) is 12.1 Å². The number of nitrogens with zero attached hydrogens (tertiary/aromatic N) is 3. The molecule has 1 aliphatic carbocycles. The van der Waals surface area contributed by atoms with Crippen molar-refractivity contribution in [1.29, 1.82) is 0 Å². The van der Waals surface area contributed by atoms with Gasteiger partial charge in [-0.3, -0.25) is 0 Å². The standard InChI is InChI=1S/C16H15ClN4/c17-15-7-13(5-6-18-15)19-8-14-10-21-9-12(11-1-2-11)3-4-16(21)20-14/h3-7,9-11H,1-2,8H2,(H,18,19). The maximum atomic E-state index is 5.87. The molecule has 0 radical (unpaired) electrons. The Morgan fingerprint density at radius 1 is 1.24 bits per heavy atom. The fraction of sp³-hybridized carbons (Fsp3) is 0.250. The van der Waals surface area contributed by atoms with Crippen LogP contribution in [0.4, 0.5) is 5.69 Å². The third-order valence-corrected chi connectivity index (χ3v) is 3.98. The van der Waals surface area contributed by atoms with E-state index < -0.39 is 0 Å². The van der Waals surface area contributed by atoms with E-state index in [4.69, 9.17) is 11.6 Å². The Bertz CT molecular complexity index is 792. The number of fused-ring (bicyclic) bond motifs is 1. The van der Waals surface area contributed by atoms with Crippen molar-refractivity contribution < 1.29 is 0 Å². The Hall–Kier alpha value is -2.07. The molecule has 5 heteroatoms. The van der Waals surface area contributed by atoms with Crippen molar-refractivity contribution in [3.05, 3.63) is 59.3 Å².